The Balaban J connectivity index is 0.00000144. The van der Waals surface area contributed by atoms with Crippen LogP contribution >= 0.6 is 24.8 Å². The highest BCUT2D eigenvalue weighted by molar-refractivity contribution is 5.85. The van der Waals surface area contributed by atoms with E-state index in [1.54, 1.807) is 12.3 Å². The Bertz CT molecular complexity index is 366. The van der Waals surface area contributed by atoms with Crippen molar-refractivity contribution in [2.75, 3.05) is 11.2 Å². The van der Waals surface area contributed by atoms with Crippen molar-refractivity contribution in [2.24, 2.45) is 11.0 Å². The molecule has 1 fully saturated rings. The lowest BCUT2D eigenvalue weighted by Crippen LogP contribution is -2.08. The van der Waals surface area contributed by atoms with E-state index in [1.807, 2.05) is 6.21 Å². The number of rotatable bonds is 3. The first-order valence-corrected chi connectivity index (χ1v) is 5.72. The van der Waals surface area contributed by atoms with E-state index in [4.69, 9.17) is 5.73 Å². The molecule has 0 amide bonds. The van der Waals surface area contributed by atoms with Crippen LogP contribution in [0.25, 0.3) is 0 Å². The summed E-state index contributed by atoms with van der Waals surface area (Å²) in [6.07, 6.45) is 10.1. The molecule has 0 saturated heterocycles. The molecular weight excluding hydrogens is 273 g/mol. The van der Waals surface area contributed by atoms with Crippen molar-refractivity contribution in [1.29, 1.82) is 0 Å². The zero-order valence-corrected chi connectivity index (χ0v) is 11.7. The van der Waals surface area contributed by atoms with E-state index in [1.165, 1.54) is 32.1 Å². The highest BCUT2D eigenvalue weighted by Gasteiger charge is 2.10. The fourth-order valence-corrected chi connectivity index (χ4v) is 1.93. The van der Waals surface area contributed by atoms with Crippen LogP contribution in [-0.4, -0.2) is 16.2 Å². The van der Waals surface area contributed by atoms with E-state index in [0.717, 1.165) is 0 Å². The molecule has 102 valence electrons. The van der Waals surface area contributed by atoms with Crippen LogP contribution in [0.5, 0.6) is 0 Å². The second-order valence-corrected chi connectivity index (χ2v) is 4.09. The van der Waals surface area contributed by atoms with Crippen molar-refractivity contribution in [2.45, 2.75) is 32.1 Å². The van der Waals surface area contributed by atoms with Crippen LogP contribution in [0.15, 0.2) is 17.4 Å². The van der Waals surface area contributed by atoms with Crippen LogP contribution in [0.1, 0.15) is 32.1 Å². The maximum absolute atomic E-state index is 5.46. The summed E-state index contributed by atoms with van der Waals surface area (Å²) in [5, 5.41) is 4.19. The minimum atomic E-state index is 0. The zero-order valence-electron chi connectivity index (χ0n) is 10.1. The lowest BCUT2D eigenvalue weighted by molar-refractivity contribution is 0.445. The first-order chi connectivity index (χ1) is 7.84. The van der Waals surface area contributed by atoms with Gasteiger partial charge in [0.05, 0.1) is 0 Å². The predicted octanol–water partition coefficient (Wildman–Crippen LogP) is 2.88. The van der Waals surface area contributed by atoms with Gasteiger partial charge in [0.15, 0.2) is 5.82 Å². The Morgan fingerprint density at radius 3 is 2.67 bits per heavy atom. The minimum Gasteiger partial charge on any atom is -0.368 e. The summed E-state index contributed by atoms with van der Waals surface area (Å²) in [7, 11) is 0. The number of hydrogen-bond donors (Lipinski definition) is 2. The summed E-state index contributed by atoms with van der Waals surface area (Å²) in [6.45, 7) is 0. The van der Waals surface area contributed by atoms with Crippen LogP contribution in [-0.2, 0) is 0 Å². The molecule has 3 N–H and O–H groups in total. The minimum absolute atomic E-state index is 0. The van der Waals surface area contributed by atoms with E-state index in [2.05, 4.69) is 20.5 Å². The molecule has 1 aliphatic carbocycles. The number of nitrogens with one attached hydrogen (secondary N) is 1. The average Bonchev–Trinajstić information content (AvgIpc) is 2.30. The van der Waals surface area contributed by atoms with E-state index in [0.29, 0.717) is 11.7 Å². The predicted molar refractivity (Wildman–Crippen MR) is 79.6 cm³/mol. The first-order valence-electron chi connectivity index (χ1n) is 5.72. The summed E-state index contributed by atoms with van der Waals surface area (Å²) in [5.74, 6) is 1.51. The van der Waals surface area contributed by atoms with E-state index in [-0.39, 0.29) is 30.8 Å². The van der Waals surface area contributed by atoms with Crippen molar-refractivity contribution in [1.82, 2.24) is 9.97 Å². The molecule has 0 atom stereocenters. The first kappa shape index (κ1) is 16.9. The van der Waals surface area contributed by atoms with Crippen molar-refractivity contribution < 1.29 is 0 Å². The van der Waals surface area contributed by atoms with E-state index < -0.39 is 0 Å². The second kappa shape index (κ2) is 8.94. The SMILES string of the molecule is Cl.Cl.Nc1nccc(NN=CC2CCCCC2)n1. The molecule has 7 heteroatoms. The van der Waals surface area contributed by atoms with Crippen molar-refractivity contribution in [3.63, 3.8) is 0 Å². The number of hydrazone groups is 1. The Kier molecular flexibility index (Phi) is 8.41. The molecule has 1 aromatic rings. The Morgan fingerprint density at radius 2 is 2.00 bits per heavy atom. The van der Waals surface area contributed by atoms with Gasteiger partial charge in [-0.1, -0.05) is 19.3 Å². The Hall–Kier alpha value is -1.07. The largest absolute Gasteiger partial charge is 0.368 e. The summed E-state index contributed by atoms with van der Waals surface area (Å²) in [6, 6.07) is 1.74. The van der Waals surface area contributed by atoms with Gasteiger partial charge in [-0.2, -0.15) is 10.1 Å². The molecule has 0 radical (unpaired) electrons. The van der Waals surface area contributed by atoms with Crippen molar-refractivity contribution in [3.8, 4) is 0 Å². The fraction of sp³-hybridized carbons (Fsp3) is 0.545. The van der Waals surface area contributed by atoms with Crippen molar-refractivity contribution in [3.05, 3.63) is 12.3 Å². The summed E-state index contributed by atoms with van der Waals surface area (Å²) in [5.41, 5.74) is 8.33. The third kappa shape index (κ3) is 5.51. The highest BCUT2D eigenvalue weighted by atomic mass is 35.5. The number of nitrogens with two attached hydrogens (primary N) is 1. The standard InChI is InChI=1S/C11H17N5.2ClH/c12-11-13-7-6-10(15-11)16-14-8-9-4-2-1-3-5-9;;/h6-9H,1-5H2,(H3,12,13,15,16);2*1H. The number of nitrogen functional groups attached to an aromatic ring is 1. The molecule has 0 unspecified atom stereocenters. The topological polar surface area (TPSA) is 76.2 Å². The van der Waals surface area contributed by atoms with Gasteiger partial charge in [-0.05, 0) is 18.8 Å². The number of anilines is 2. The lowest BCUT2D eigenvalue weighted by atomic mass is 9.90. The third-order valence-electron chi connectivity index (χ3n) is 2.79. The molecule has 0 spiro atoms. The normalized spacial score (nSPS) is 15.8. The zero-order chi connectivity index (χ0) is 11.2. The van der Waals surface area contributed by atoms with Gasteiger partial charge in [0, 0.05) is 18.5 Å². The van der Waals surface area contributed by atoms with Crippen LogP contribution in [0, 0.1) is 5.92 Å². The van der Waals surface area contributed by atoms with Crippen LogP contribution < -0.4 is 11.2 Å². The molecule has 0 bridgehead atoms. The van der Waals surface area contributed by atoms with E-state index >= 15 is 0 Å². The van der Waals surface area contributed by atoms with Gasteiger partial charge in [0.1, 0.15) is 0 Å². The number of hydrogen-bond acceptors (Lipinski definition) is 5. The summed E-state index contributed by atoms with van der Waals surface area (Å²) >= 11 is 0. The number of halogens is 2. The average molecular weight is 292 g/mol. The molecule has 1 heterocycles. The molecule has 1 aromatic heterocycles. The van der Waals surface area contributed by atoms with Crippen LogP contribution in [0.3, 0.4) is 0 Å². The van der Waals surface area contributed by atoms with Gasteiger partial charge in [0.2, 0.25) is 5.95 Å². The highest BCUT2D eigenvalue weighted by Crippen LogP contribution is 2.21. The molecular formula is C11H19Cl2N5. The van der Waals surface area contributed by atoms with Gasteiger partial charge in [-0.25, -0.2) is 4.98 Å². The van der Waals surface area contributed by atoms with Crippen molar-refractivity contribution >= 4 is 42.8 Å². The molecule has 5 nitrogen and oxygen atoms in total. The molecule has 0 aliphatic heterocycles. The Morgan fingerprint density at radius 1 is 1.28 bits per heavy atom. The third-order valence-corrected chi connectivity index (χ3v) is 2.79. The quantitative estimate of drug-likeness (QED) is 0.663. The lowest BCUT2D eigenvalue weighted by Gasteiger charge is -2.16. The van der Waals surface area contributed by atoms with E-state index in [9.17, 15) is 0 Å². The molecule has 18 heavy (non-hydrogen) atoms. The van der Waals surface area contributed by atoms with Gasteiger partial charge >= 0.3 is 0 Å². The van der Waals surface area contributed by atoms with Gasteiger partial charge < -0.3 is 5.73 Å². The number of aromatic nitrogens is 2. The molecule has 1 aliphatic rings. The van der Waals surface area contributed by atoms with Crippen LogP contribution in [0.2, 0.25) is 0 Å². The van der Waals surface area contributed by atoms with Gasteiger partial charge in [-0.3, -0.25) is 5.43 Å². The maximum Gasteiger partial charge on any atom is 0.221 e. The Labute approximate surface area is 119 Å². The van der Waals surface area contributed by atoms with Gasteiger partial charge in [-0.15, -0.1) is 24.8 Å². The monoisotopic (exact) mass is 291 g/mol. The fourth-order valence-electron chi connectivity index (χ4n) is 1.93. The van der Waals surface area contributed by atoms with Crippen LogP contribution in [0.4, 0.5) is 11.8 Å². The molecule has 2 rings (SSSR count). The summed E-state index contributed by atoms with van der Waals surface area (Å²) < 4.78 is 0. The maximum atomic E-state index is 5.46. The number of nitrogens with zero attached hydrogens (tertiary/aromatic N) is 3. The molecule has 1 saturated carbocycles. The molecule has 0 aromatic carbocycles. The van der Waals surface area contributed by atoms with Gasteiger partial charge in [0.25, 0.3) is 0 Å². The smallest absolute Gasteiger partial charge is 0.221 e. The summed E-state index contributed by atoms with van der Waals surface area (Å²) in [4.78, 5) is 7.81. The second-order valence-electron chi connectivity index (χ2n) is 4.09.